The van der Waals surface area contributed by atoms with Crippen molar-refractivity contribution < 1.29 is 28.5 Å². The molecule has 2 aliphatic rings. The number of ether oxygens (including phenoxy) is 4. The first-order valence-corrected chi connectivity index (χ1v) is 11.0. The Kier molecular flexibility index (Phi) is 8.58. The third-order valence-electron chi connectivity index (χ3n) is 5.23. The number of carbonyl (C=O) groups is 2. The quantitative estimate of drug-likeness (QED) is 0.474. The number of carbonyl (C=O) groups excluding carboxylic acids is 2. The van der Waals surface area contributed by atoms with E-state index in [1.807, 2.05) is 26.0 Å². The van der Waals surface area contributed by atoms with Gasteiger partial charge in [0.2, 0.25) is 0 Å². The third-order valence-corrected chi connectivity index (χ3v) is 5.23. The fourth-order valence-corrected chi connectivity index (χ4v) is 3.69. The molecule has 1 aliphatic heterocycles. The Morgan fingerprint density at radius 1 is 1.10 bits per heavy atom. The average Bonchev–Trinajstić information content (AvgIpc) is 2.80. The lowest BCUT2D eigenvalue weighted by Gasteiger charge is -2.31. The third kappa shape index (κ3) is 6.37. The number of rotatable bonds is 9. The number of esters is 1. The topological polar surface area (TPSA) is 86.3 Å². The molecule has 170 valence electrons. The number of hydrogen-bond donors (Lipinski definition) is 1. The van der Waals surface area contributed by atoms with Gasteiger partial charge in [0, 0.05) is 25.2 Å². The van der Waals surface area contributed by atoms with Crippen molar-refractivity contribution in [3.63, 3.8) is 0 Å². The Labute approximate surface area is 183 Å². The van der Waals surface area contributed by atoms with E-state index in [0.29, 0.717) is 50.0 Å². The summed E-state index contributed by atoms with van der Waals surface area (Å²) in [5.41, 5.74) is 1.40. The molecular weight excluding hydrogens is 400 g/mol. The number of benzene rings is 1. The summed E-state index contributed by atoms with van der Waals surface area (Å²) in [6.45, 7) is 7.21. The zero-order valence-corrected chi connectivity index (χ0v) is 18.4. The van der Waals surface area contributed by atoms with Crippen molar-refractivity contribution in [2.45, 2.75) is 33.1 Å². The minimum absolute atomic E-state index is 0.172. The predicted octanol–water partition coefficient (Wildman–Crippen LogP) is 3.16. The van der Waals surface area contributed by atoms with Crippen LogP contribution in [0.2, 0.25) is 0 Å². The van der Waals surface area contributed by atoms with Gasteiger partial charge >= 0.3 is 5.97 Å². The van der Waals surface area contributed by atoms with Crippen LogP contribution < -0.4 is 19.7 Å². The van der Waals surface area contributed by atoms with Crippen molar-refractivity contribution >= 4 is 23.3 Å². The zero-order chi connectivity index (χ0) is 22.1. The minimum atomic E-state index is -0.415. The second kappa shape index (κ2) is 11.6. The fourth-order valence-electron chi connectivity index (χ4n) is 3.69. The standard InChI is InChI=1S/C23H32N2O6/c1-3-29-20-15-19(25-10-12-28-13-11-25)21(30-4-2)14-18(20)24-22(26)16-31-23(27)17-8-6-5-7-9-17/h5-6,14-15,17H,3-4,7-13,16H2,1-2H3,(H,24,26). The van der Waals surface area contributed by atoms with Crippen molar-refractivity contribution in [2.24, 2.45) is 5.92 Å². The summed E-state index contributed by atoms with van der Waals surface area (Å²) >= 11 is 0. The summed E-state index contributed by atoms with van der Waals surface area (Å²) in [4.78, 5) is 26.9. The van der Waals surface area contributed by atoms with Crippen LogP contribution >= 0.6 is 0 Å². The van der Waals surface area contributed by atoms with Crippen LogP contribution in [0, 0.1) is 5.92 Å². The normalized spacial score (nSPS) is 18.4. The van der Waals surface area contributed by atoms with Crippen molar-refractivity contribution in [3.05, 3.63) is 24.3 Å². The van der Waals surface area contributed by atoms with E-state index < -0.39 is 5.91 Å². The SMILES string of the molecule is CCOc1cc(N2CCOCC2)c(OCC)cc1NC(=O)COC(=O)C1CC=CCC1. The van der Waals surface area contributed by atoms with E-state index in [0.717, 1.165) is 31.6 Å². The van der Waals surface area contributed by atoms with Gasteiger partial charge in [-0.15, -0.1) is 0 Å². The van der Waals surface area contributed by atoms with Crippen molar-refractivity contribution in [1.29, 1.82) is 0 Å². The lowest BCUT2D eigenvalue weighted by molar-refractivity contribution is -0.151. The van der Waals surface area contributed by atoms with Crippen LogP contribution in [-0.2, 0) is 19.1 Å². The van der Waals surface area contributed by atoms with Crippen molar-refractivity contribution in [3.8, 4) is 11.5 Å². The maximum absolute atomic E-state index is 12.5. The Balaban J connectivity index is 1.70. The number of hydrogen-bond acceptors (Lipinski definition) is 7. The predicted molar refractivity (Wildman–Crippen MR) is 118 cm³/mol. The Bertz CT molecular complexity index is 789. The van der Waals surface area contributed by atoms with Gasteiger partial charge in [-0.1, -0.05) is 12.2 Å². The van der Waals surface area contributed by atoms with Gasteiger partial charge in [-0.25, -0.2) is 0 Å². The van der Waals surface area contributed by atoms with Gasteiger partial charge in [0.25, 0.3) is 5.91 Å². The summed E-state index contributed by atoms with van der Waals surface area (Å²) < 4.78 is 22.3. The van der Waals surface area contributed by atoms with Gasteiger partial charge in [-0.2, -0.15) is 0 Å². The molecule has 0 radical (unpaired) electrons. The molecule has 0 spiro atoms. The second-order valence-corrected chi connectivity index (χ2v) is 7.42. The molecule has 1 heterocycles. The molecule has 0 aromatic heterocycles. The van der Waals surface area contributed by atoms with Crippen LogP contribution in [0.1, 0.15) is 33.1 Å². The lowest BCUT2D eigenvalue weighted by Crippen LogP contribution is -2.36. The molecule has 1 aromatic rings. The fraction of sp³-hybridized carbons (Fsp3) is 0.565. The first kappa shape index (κ1) is 22.9. The maximum atomic E-state index is 12.5. The van der Waals surface area contributed by atoms with E-state index in [1.165, 1.54) is 0 Å². The van der Waals surface area contributed by atoms with E-state index in [9.17, 15) is 9.59 Å². The molecule has 31 heavy (non-hydrogen) atoms. The van der Waals surface area contributed by atoms with Gasteiger partial charge in [0.1, 0.15) is 11.5 Å². The molecule has 1 aromatic carbocycles. The molecule has 1 N–H and O–H groups in total. The highest BCUT2D eigenvalue weighted by molar-refractivity contribution is 5.95. The molecule has 1 unspecified atom stereocenters. The van der Waals surface area contributed by atoms with Crippen LogP contribution in [-0.4, -0.2) is 58.0 Å². The largest absolute Gasteiger partial charge is 0.492 e. The summed E-state index contributed by atoms with van der Waals surface area (Å²) in [5.74, 6) is 0.289. The van der Waals surface area contributed by atoms with E-state index in [4.69, 9.17) is 18.9 Å². The molecule has 8 nitrogen and oxygen atoms in total. The first-order valence-electron chi connectivity index (χ1n) is 11.0. The lowest BCUT2D eigenvalue weighted by atomic mass is 9.95. The van der Waals surface area contributed by atoms with E-state index in [1.54, 1.807) is 6.07 Å². The number of anilines is 2. The van der Waals surface area contributed by atoms with E-state index in [2.05, 4.69) is 16.3 Å². The summed E-state index contributed by atoms with van der Waals surface area (Å²) in [6.07, 6.45) is 6.32. The molecule has 8 heteroatoms. The molecule has 1 aliphatic carbocycles. The van der Waals surface area contributed by atoms with Crippen LogP contribution in [0.3, 0.4) is 0 Å². The molecular formula is C23H32N2O6. The first-order chi connectivity index (χ1) is 15.1. The Hall–Kier alpha value is -2.74. The smallest absolute Gasteiger partial charge is 0.309 e. The highest BCUT2D eigenvalue weighted by Crippen LogP contribution is 2.39. The average molecular weight is 433 g/mol. The molecule has 1 amide bonds. The van der Waals surface area contributed by atoms with Crippen LogP contribution in [0.25, 0.3) is 0 Å². The summed E-state index contributed by atoms with van der Waals surface area (Å²) in [7, 11) is 0. The summed E-state index contributed by atoms with van der Waals surface area (Å²) in [6, 6.07) is 3.65. The Morgan fingerprint density at radius 2 is 1.84 bits per heavy atom. The van der Waals surface area contributed by atoms with Gasteiger partial charge in [0.15, 0.2) is 6.61 Å². The highest BCUT2D eigenvalue weighted by atomic mass is 16.5. The molecule has 1 atom stereocenters. The summed E-state index contributed by atoms with van der Waals surface area (Å²) in [5, 5.41) is 2.80. The molecule has 0 bridgehead atoms. The molecule has 0 saturated carbocycles. The van der Waals surface area contributed by atoms with Gasteiger partial charge < -0.3 is 29.2 Å². The second-order valence-electron chi connectivity index (χ2n) is 7.42. The molecule has 1 saturated heterocycles. The van der Waals surface area contributed by atoms with E-state index in [-0.39, 0.29) is 18.5 Å². The maximum Gasteiger partial charge on any atom is 0.309 e. The number of nitrogens with zero attached hydrogens (tertiary/aromatic N) is 1. The van der Waals surface area contributed by atoms with Crippen LogP contribution in [0.15, 0.2) is 24.3 Å². The number of morpholine rings is 1. The van der Waals surface area contributed by atoms with Crippen molar-refractivity contribution in [2.75, 3.05) is 56.3 Å². The molecule has 1 fully saturated rings. The number of allylic oxidation sites excluding steroid dienone is 2. The Morgan fingerprint density at radius 3 is 2.52 bits per heavy atom. The van der Waals surface area contributed by atoms with Gasteiger partial charge in [-0.05, 0) is 33.1 Å². The monoisotopic (exact) mass is 432 g/mol. The number of nitrogens with one attached hydrogen (secondary N) is 1. The highest BCUT2D eigenvalue weighted by Gasteiger charge is 2.23. The van der Waals surface area contributed by atoms with E-state index >= 15 is 0 Å². The van der Waals surface area contributed by atoms with Gasteiger partial charge in [0.05, 0.1) is 43.7 Å². The van der Waals surface area contributed by atoms with Gasteiger partial charge in [-0.3, -0.25) is 9.59 Å². The molecule has 3 rings (SSSR count). The van der Waals surface area contributed by atoms with Crippen molar-refractivity contribution in [1.82, 2.24) is 0 Å². The minimum Gasteiger partial charge on any atom is -0.492 e. The van der Waals surface area contributed by atoms with Crippen LogP contribution in [0.4, 0.5) is 11.4 Å². The zero-order valence-electron chi connectivity index (χ0n) is 18.4. The van der Waals surface area contributed by atoms with Crippen LogP contribution in [0.5, 0.6) is 11.5 Å². The number of amides is 1.